The van der Waals surface area contributed by atoms with Gasteiger partial charge in [0.05, 0.1) is 0 Å². The molecule has 0 saturated carbocycles. The van der Waals surface area contributed by atoms with E-state index in [1.165, 1.54) is 24.4 Å². The Morgan fingerprint density at radius 1 is 1.38 bits per heavy atom. The van der Waals surface area contributed by atoms with Gasteiger partial charge in [-0.1, -0.05) is 12.7 Å². The number of rotatable bonds is 5. The molecule has 0 atom stereocenters. The van der Waals surface area contributed by atoms with E-state index in [1.807, 2.05) is 0 Å². The second-order valence-corrected chi connectivity index (χ2v) is 3.91. The zero-order valence-corrected chi connectivity index (χ0v) is 10.9. The minimum absolute atomic E-state index is 0.105. The van der Waals surface area contributed by atoms with E-state index in [2.05, 4.69) is 16.9 Å². The van der Waals surface area contributed by atoms with Gasteiger partial charge in [0.2, 0.25) is 5.76 Å². The number of carbonyl (C=O) groups is 2. The molecule has 0 spiro atoms. The Labute approximate surface area is 119 Å². The van der Waals surface area contributed by atoms with Crippen LogP contribution < -0.4 is 5.32 Å². The van der Waals surface area contributed by atoms with Crippen LogP contribution in [-0.2, 0) is 4.74 Å². The summed E-state index contributed by atoms with van der Waals surface area (Å²) >= 11 is 0. The lowest BCUT2D eigenvalue weighted by atomic mass is 10.2. The first-order valence-corrected chi connectivity index (χ1v) is 5.94. The lowest BCUT2D eigenvalue weighted by molar-refractivity contribution is 0.0663. The molecule has 7 nitrogen and oxygen atoms in total. The van der Waals surface area contributed by atoms with E-state index in [4.69, 9.17) is 14.3 Å². The van der Waals surface area contributed by atoms with Crippen molar-refractivity contribution in [1.82, 2.24) is 4.98 Å². The minimum atomic E-state index is -1.14. The SMILES string of the molecule is C=CCOC(=O)Nc1ccc(-c2ccc(C(=O)O)o2)cn1. The fourth-order valence-electron chi connectivity index (χ4n) is 1.50. The molecule has 2 aromatic rings. The van der Waals surface area contributed by atoms with Crippen LogP contribution in [0.5, 0.6) is 0 Å². The number of hydrogen-bond donors (Lipinski definition) is 2. The van der Waals surface area contributed by atoms with Crippen LogP contribution in [-0.4, -0.2) is 28.8 Å². The Balaban J connectivity index is 2.05. The topological polar surface area (TPSA) is 102 Å². The lowest BCUT2D eigenvalue weighted by Gasteiger charge is -2.04. The van der Waals surface area contributed by atoms with Gasteiger partial charge in [0.1, 0.15) is 18.2 Å². The molecule has 108 valence electrons. The smallest absolute Gasteiger partial charge is 0.413 e. The Morgan fingerprint density at radius 3 is 2.76 bits per heavy atom. The van der Waals surface area contributed by atoms with Crippen LogP contribution >= 0.6 is 0 Å². The molecule has 2 N–H and O–H groups in total. The summed E-state index contributed by atoms with van der Waals surface area (Å²) in [6.07, 6.45) is 2.27. The monoisotopic (exact) mass is 288 g/mol. The van der Waals surface area contributed by atoms with Crippen LogP contribution in [0.25, 0.3) is 11.3 Å². The van der Waals surface area contributed by atoms with Crippen molar-refractivity contribution in [3.05, 3.63) is 48.9 Å². The standard InChI is InChI=1S/C14H12N2O5/c1-2-7-20-14(19)16-12-6-3-9(8-15-12)10-4-5-11(21-10)13(17)18/h2-6,8H,1,7H2,(H,17,18)(H,15,16,19). The number of hydrogen-bond acceptors (Lipinski definition) is 5. The van der Waals surface area contributed by atoms with Gasteiger partial charge in [0.15, 0.2) is 0 Å². The predicted octanol–water partition coefficient (Wildman–Crippen LogP) is 2.77. The highest BCUT2D eigenvalue weighted by atomic mass is 16.5. The zero-order valence-electron chi connectivity index (χ0n) is 10.9. The third-order valence-corrected chi connectivity index (χ3v) is 2.43. The van der Waals surface area contributed by atoms with Crippen molar-refractivity contribution in [2.24, 2.45) is 0 Å². The van der Waals surface area contributed by atoms with E-state index in [9.17, 15) is 9.59 Å². The van der Waals surface area contributed by atoms with Gasteiger partial charge in [-0.15, -0.1) is 0 Å². The minimum Gasteiger partial charge on any atom is -0.475 e. The van der Waals surface area contributed by atoms with Crippen LogP contribution in [0.1, 0.15) is 10.6 Å². The molecule has 0 aliphatic heterocycles. The molecule has 0 saturated heterocycles. The highest BCUT2D eigenvalue weighted by molar-refractivity contribution is 5.85. The highest BCUT2D eigenvalue weighted by Gasteiger charge is 2.11. The molecule has 2 rings (SSSR count). The first kappa shape index (κ1) is 14.3. The molecule has 0 aliphatic rings. The second-order valence-electron chi connectivity index (χ2n) is 3.91. The number of carboxylic acids is 1. The molecule has 1 amide bonds. The Bertz CT molecular complexity index is 660. The first-order valence-electron chi connectivity index (χ1n) is 5.94. The summed E-state index contributed by atoms with van der Waals surface area (Å²) in [4.78, 5) is 26.0. The Hall–Kier alpha value is -3.09. The number of nitrogens with one attached hydrogen (secondary N) is 1. The lowest BCUT2D eigenvalue weighted by Crippen LogP contribution is -2.14. The third-order valence-electron chi connectivity index (χ3n) is 2.43. The number of nitrogens with zero attached hydrogens (tertiary/aromatic N) is 1. The van der Waals surface area contributed by atoms with Crippen molar-refractivity contribution in [2.45, 2.75) is 0 Å². The Kier molecular flexibility index (Phi) is 4.35. The summed E-state index contributed by atoms with van der Waals surface area (Å²) < 4.78 is 9.89. The van der Waals surface area contributed by atoms with Gasteiger partial charge in [-0.25, -0.2) is 14.6 Å². The largest absolute Gasteiger partial charge is 0.475 e. The number of aromatic carboxylic acids is 1. The highest BCUT2D eigenvalue weighted by Crippen LogP contribution is 2.22. The van der Waals surface area contributed by atoms with Crippen molar-refractivity contribution < 1.29 is 23.8 Å². The van der Waals surface area contributed by atoms with Gasteiger partial charge < -0.3 is 14.3 Å². The van der Waals surface area contributed by atoms with Crippen molar-refractivity contribution in [1.29, 1.82) is 0 Å². The van der Waals surface area contributed by atoms with Gasteiger partial charge in [-0.05, 0) is 24.3 Å². The number of furan rings is 1. The van der Waals surface area contributed by atoms with Crippen LogP contribution in [0, 0.1) is 0 Å². The van der Waals surface area contributed by atoms with Crippen LogP contribution in [0.3, 0.4) is 0 Å². The zero-order chi connectivity index (χ0) is 15.2. The van der Waals surface area contributed by atoms with E-state index in [0.29, 0.717) is 17.1 Å². The summed E-state index contributed by atoms with van der Waals surface area (Å²) in [5, 5.41) is 11.2. The normalized spacial score (nSPS) is 9.90. The Morgan fingerprint density at radius 2 is 2.19 bits per heavy atom. The summed E-state index contributed by atoms with van der Waals surface area (Å²) in [6.45, 7) is 3.53. The maximum absolute atomic E-state index is 11.3. The second kappa shape index (κ2) is 6.38. The summed E-state index contributed by atoms with van der Waals surface area (Å²) in [5.74, 6) is -0.615. The van der Waals surface area contributed by atoms with E-state index < -0.39 is 12.1 Å². The molecule has 21 heavy (non-hydrogen) atoms. The molecule has 0 unspecified atom stereocenters. The average molecular weight is 288 g/mol. The number of carboxylic acid groups (broad SMARTS) is 1. The van der Waals surface area contributed by atoms with Gasteiger partial charge in [-0.2, -0.15) is 0 Å². The number of anilines is 1. The molecule has 2 aromatic heterocycles. The van der Waals surface area contributed by atoms with E-state index in [1.54, 1.807) is 12.1 Å². The number of pyridine rings is 1. The van der Waals surface area contributed by atoms with E-state index in [0.717, 1.165) is 0 Å². The molecule has 0 aliphatic carbocycles. The van der Waals surface area contributed by atoms with E-state index in [-0.39, 0.29) is 12.4 Å². The number of aromatic nitrogens is 1. The summed E-state index contributed by atoms with van der Waals surface area (Å²) in [6, 6.07) is 6.08. The van der Waals surface area contributed by atoms with Crippen molar-refractivity contribution in [3.63, 3.8) is 0 Å². The fourth-order valence-corrected chi connectivity index (χ4v) is 1.50. The molecule has 0 radical (unpaired) electrons. The molecule has 2 heterocycles. The van der Waals surface area contributed by atoms with Crippen molar-refractivity contribution in [3.8, 4) is 11.3 Å². The molecular weight excluding hydrogens is 276 g/mol. The fraction of sp³-hybridized carbons (Fsp3) is 0.0714. The first-order chi connectivity index (χ1) is 10.1. The van der Waals surface area contributed by atoms with E-state index >= 15 is 0 Å². The number of ether oxygens (including phenoxy) is 1. The van der Waals surface area contributed by atoms with Crippen LogP contribution in [0.2, 0.25) is 0 Å². The van der Waals surface area contributed by atoms with Gasteiger partial charge in [0.25, 0.3) is 0 Å². The quantitative estimate of drug-likeness (QED) is 0.820. The van der Waals surface area contributed by atoms with Crippen LogP contribution in [0.4, 0.5) is 10.6 Å². The number of carbonyl (C=O) groups excluding carboxylic acids is 1. The molecule has 0 bridgehead atoms. The van der Waals surface area contributed by atoms with Crippen molar-refractivity contribution in [2.75, 3.05) is 11.9 Å². The molecular formula is C14H12N2O5. The maximum Gasteiger partial charge on any atom is 0.413 e. The molecule has 0 aromatic carbocycles. The predicted molar refractivity (Wildman–Crippen MR) is 74.1 cm³/mol. The van der Waals surface area contributed by atoms with Crippen molar-refractivity contribution >= 4 is 17.9 Å². The van der Waals surface area contributed by atoms with Gasteiger partial charge in [0, 0.05) is 11.8 Å². The van der Waals surface area contributed by atoms with Gasteiger partial charge >= 0.3 is 12.1 Å². The molecule has 7 heteroatoms. The summed E-state index contributed by atoms with van der Waals surface area (Å²) in [7, 11) is 0. The third kappa shape index (κ3) is 3.69. The number of amides is 1. The van der Waals surface area contributed by atoms with Crippen LogP contribution in [0.15, 0.2) is 47.5 Å². The summed E-state index contributed by atoms with van der Waals surface area (Å²) in [5.41, 5.74) is 0.590. The average Bonchev–Trinajstić information content (AvgIpc) is 2.96. The maximum atomic E-state index is 11.3. The van der Waals surface area contributed by atoms with Gasteiger partial charge in [-0.3, -0.25) is 5.32 Å². The molecule has 0 fully saturated rings.